The largest absolute Gasteiger partial charge is 0.475 e. The quantitative estimate of drug-likeness (QED) is 0.279. The molecule has 27 heteroatoms. The Balaban J connectivity index is 3.98. The summed E-state index contributed by atoms with van der Waals surface area (Å²) in [5, 5.41) is -21.2. The molecule has 0 aromatic heterocycles. The summed E-state index contributed by atoms with van der Waals surface area (Å²) in [5.41, 5.74) is 0. The Morgan fingerprint density at radius 3 is 0.897 bits per heavy atom. The molecule has 228 valence electrons. The molecule has 1 rings (SSSR count). The van der Waals surface area contributed by atoms with Crippen LogP contribution in [0.4, 0.5) is 65.9 Å². The van der Waals surface area contributed by atoms with Gasteiger partial charge in [0.25, 0.3) is 0 Å². The van der Waals surface area contributed by atoms with Crippen LogP contribution in [0.1, 0.15) is 0 Å². The minimum absolute atomic E-state index is 0.158. The molecule has 0 saturated carbocycles. The molecular formula is C12H3F15O9S3. The van der Waals surface area contributed by atoms with Gasteiger partial charge < -0.3 is 12.5 Å². The van der Waals surface area contributed by atoms with Gasteiger partial charge in [-0.25, -0.2) is 0 Å². The zero-order valence-corrected chi connectivity index (χ0v) is 19.2. The van der Waals surface area contributed by atoms with Gasteiger partial charge in [0.15, 0.2) is 11.5 Å². The zero-order chi connectivity index (χ0) is 31.5. The molecule has 9 nitrogen and oxygen atoms in total. The molecule has 0 atom stereocenters. The average Bonchev–Trinajstić information content (AvgIpc) is 2.66. The Bertz CT molecular complexity index is 1330. The van der Waals surface area contributed by atoms with Crippen molar-refractivity contribution in [3.8, 4) is 17.2 Å². The van der Waals surface area contributed by atoms with Crippen LogP contribution in [0, 0.1) is 0 Å². The van der Waals surface area contributed by atoms with E-state index in [4.69, 9.17) is 0 Å². The first-order valence-corrected chi connectivity index (χ1v) is 12.3. The van der Waals surface area contributed by atoms with E-state index in [2.05, 4.69) is 12.5 Å². The van der Waals surface area contributed by atoms with Gasteiger partial charge in [-0.2, -0.15) is 91.1 Å². The van der Waals surface area contributed by atoms with E-state index in [1.807, 2.05) is 0 Å². The highest BCUT2D eigenvalue weighted by Gasteiger charge is 2.72. The molecule has 0 bridgehead atoms. The van der Waals surface area contributed by atoms with Gasteiger partial charge in [-0.1, -0.05) is 6.07 Å². The normalized spacial score (nSPS) is 15.2. The first-order chi connectivity index (χ1) is 16.8. The second-order valence-electron chi connectivity index (χ2n) is 6.24. The van der Waals surface area contributed by atoms with E-state index in [0.717, 1.165) is 0 Å². The number of hydrogen-bond acceptors (Lipinski definition) is 9. The van der Waals surface area contributed by atoms with E-state index >= 15 is 0 Å². The molecule has 0 aliphatic carbocycles. The maximum absolute atomic E-state index is 13.3. The molecule has 0 amide bonds. The van der Waals surface area contributed by atoms with Crippen molar-refractivity contribution in [3.63, 3.8) is 0 Å². The Morgan fingerprint density at radius 2 is 0.667 bits per heavy atom. The predicted molar refractivity (Wildman–Crippen MR) is 88.1 cm³/mol. The lowest BCUT2D eigenvalue weighted by atomic mass is 10.3. The second kappa shape index (κ2) is 9.51. The Hall–Kier alpha value is -2.58. The van der Waals surface area contributed by atoms with Gasteiger partial charge in [0, 0.05) is 0 Å². The van der Waals surface area contributed by atoms with Crippen LogP contribution in [0.25, 0.3) is 0 Å². The van der Waals surface area contributed by atoms with E-state index in [1.165, 1.54) is 0 Å². The van der Waals surface area contributed by atoms with Gasteiger partial charge in [-0.3, -0.25) is 0 Å². The standard InChI is InChI=1S/C12H3F15O9S3/c13-7(14,15)10(22,23)37(28,29)34-4-2-1-3-5(35-38(30,31)11(24,25)8(16,17)18)6(4)36-39(32,33)12(26,27)9(19,20)21/h1-3H. The third-order valence-corrected chi connectivity index (χ3v) is 7.23. The van der Waals surface area contributed by atoms with Crippen LogP contribution in [0.3, 0.4) is 0 Å². The van der Waals surface area contributed by atoms with Crippen LogP contribution in [-0.2, 0) is 30.4 Å². The summed E-state index contributed by atoms with van der Waals surface area (Å²) >= 11 is 0. The van der Waals surface area contributed by atoms with Gasteiger partial charge >= 0.3 is 64.6 Å². The van der Waals surface area contributed by atoms with Crippen molar-refractivity contribution in [2.75, 3.05) is 0 Å². The maximum atomic E-state index is 13.3. The SMILES string of the molecule is O=S(=O)(Oc1cccc(OS(=O)(=O)C(F)(F)C(F)(F)F)c1OS(=O)(=O)C(F)(F)C(F)(F)F)C(F)(F)C(F)(F)F. The molecule has 1 aromatic carbocycles. The lowest BCUT2D eigenvalue weighted by Gasteiger charge is -2.24. The van der Waals surface area contributed by atoms with Crippen LogP contribution in [0.5, 0.6) is 17.2 Å². The fraction of sp³-hybridized carbons (Fsp3) is 0.500. The summed E-state index contributed by atoms with van der Waals surface area (Å²) in [6.07, 6.45) is -21.4. The summed E-state index contributed by atoms with van der Waals surface area (Å²) < 4.78 is 269. The van der Waals surface area contributed by atoms with Gasteiger partial charge in [0.2, 0.25) is 5.75 Å². The minimum Gasteiger partial charge on any atom is -0.374 e. The van der Waals surface area contributed by atoms with Crippen molar-refractivity contribution in [1.29, 1.82) is 0 Å². The van der Waals surface area contributed by atoms with E-state index in [9.17, 15) is 91.1 Å². The molecule has 0 heterocycles. The number of alkyl halides is 15. The monoisotopic (exact) mass is 672 g/mol. The van der Waals surface area contributed by atoms with Crippen LogP contribution >= 0.6 is 0 Å². The molecule has 0 aliphatic rings. The summed E-state index contributed by atoms with van der Waals surface area (Å²) in [6, 6.07) is -1.04. The van der Waals surface area contributed by atoms with Crippen LogP contribution < -0.4 is 12.5 Å². The van der Waals surface area contributed by atoms with Crippen molar-refractivity contribution in [2.24, 2.45) is 0 Å². The molecule has 39 heavy (non-hydrogen) atoms. The molecule has 0 radical (unpaired) electrons. The van der Waals surface area contributed by atoms with Crippen molar-refractivity contribution in [2.45, 2.75) is 34.3 Å². The van der Waals surface area contributed by atoms with E-state index in [1.54, 1.807) is 0 Å². The summed E-state index contributed by atoms with van der Waals surface area (Å²) in [5.74, 6) is -8.49. The highest BCUT2D eigenvalue weighted by Crippen LogP contribution is 2.49. The minimum atomic E-state index is -7.78. The van der Waals surface area contributed by atoms with Gasteiger partial charge in [0.1, 0.15) is 0 Å². The molecule has 0 N–H and O–H groups in total. The van der Waals surface area contributed by atoms with Crippen molar-refractivity contribution in [3.05, 3.63) is 18.2 Å². The van der Waals surface area contributed by atoms with Crippen LogP contribution in [0.15, 0.2) is 18.2 Å². The topological polar surface area (TPSA) is 130 Å². The number of hydrogen-bond donors (Lipinski definition) is 0. The Kier molecular flexibility index (Phi) is 8.40. The van der Waals surface area contributed by atoms with E-state index in [-0.39, 0.29) is 6.07 Å². The third kappa shape index (κ3) is 6.12. The lowest BCUT2D eigenvalue weighted by molar-refractivity contribution is -0.243. The third-order valence-electron chi connectivity index (χ3n) is 3.47. The van der Waals surface area contributed by atoms with Crippen molar-refractivity contribution in [1.82, 2.24) is 0 Å². The number of benzene rings is 1. The van der Waals surface area contributed by atoms with Crippen LogP contribution in [-0.4, -0.2) is 59.5 Å². The van der Waals surface area contributed by atoms with Crippen molar-refractivity contribution >= 4 is 30.4 Å². The summed E-state index contributed by atoms with van der Waals surface area (Å²) in [7, 11) is -23.0. The molecule has 0 saturated heterocycles. The first-order valence-electron chi connectivity index (χ1n) is 8.05. The van der Waals surface area contributed by atoms with Gasteiger partial charge in [-0.15, -0.1) is 0 Å². The Morgan fingerprint density at radius 1 is 0.436 bits per heavy atom. The van der Waals surface area contributed by atoms with E-state index in [0.29, 0.717) is 0 Å². The fourth-order valence-corrected chi connectivity index (χ4v) is 3.92. The summed E-state index contributed by atoms with van der Waals surface area (Å²) in [4.78, 5) is 0. The molecule has 0 fully saturated rings. The molecular weight excluding hydrogens is 669 g/mol. The molecule has 1 aromatic rings. The average molecular weight is 672 g/mol. The highest BCUT2D eigenvalue weighted by molar-refractivity contribution is 7.89. The number of halogens is 15. The zero-order valence-electron chi connectivity index (χ0n) is 16.8. The summed E-state index contributed by atoms with van der Waals surface area (Å²) in [6.45, 7) is 0. The molecule has 0 spiro atoms. The smallest absolute Gasteiger partial charge is 0.374 e. The second-order valence-corrected chi connectivity index (χ2v) is 11.0. The Labute approximate surface area is 204 Å². The number of para-hydroxylation sites is 1. The highest BCUT2D eigenvalue weighted by atomic mass is 32.2. The van der Waals surface area contributed by atoms with Crippen molar-refractivity contribution < 1.29 is 104 Å². The van der Waals surface area contributed by atoms with Crippen LogP contribution in [0.2, 0.25) is 0 Å². The molecule has 0 aliphatic heterocycles. The maximum Gasteiger partial charge on any atom is 0.475 e. The van der Waals surface area contributed by atoms with Gasteiger partial charge in [-0.05, 0) is 12.1 Å². The molecule has 0 unspecified atom stereocenters. The number of rotatable bonds is 9. The van der Waals surface area contributed by atoms with Gasteiger partial charge in [0.05, 0.1) is 0 Å². The van der Waals surface area contributed by atoms with E-state index < -0.39 is 94.0 Å². The lowest BCUT2D eigenvalue weighted by Crippen LogP contribution is -2.47. The first kappa shape index (κ1) is 34.4. The predicted octanol–water partition coefficient (Wildman–Crippen LogP) is 4.28. The fourth-order valence-electron chi connectivity index (χ4n) is 1.64.